The molecule has 0 amide bonds. The maximum atomic E-state index is 5.79. The van der Waals surface area contributed by atoms with Crippen LogP contribution in [0.25, 0.3) is 0 Å². The van der Waals surface area contributed by atoms with Gasteiger partial charge in [-0.2, -0.15) is 0 Å². The van der Waals surface area contributed by atoms with E-state index in [1.165, 1.54) is 12.0 Å². The summed E-state index contributed by atoms with van der Waals surface area (Å²) in [7, 11) is 0. The van der Waals surface area contributed by atoms with Gasteiger partial charge in [-0.1, -0.05) is 37.3 Å². The zero-order valence-corrected chi connectivity index (χ0v) is 7.46. The van der Waals surface area contributed by atoms with Crippen molar-refractivity contribution in [2.24, 2.45) is 11.7 Å². The second kappa shape index (κ2) is 2.60. The first kappa shape index (κ1) is 7.81. The van der Waals surface area contributed by atoms with Crippen molar-refractivity contribution in [1.29, 1.82) is 0 Å². The quantitative estimate of drug-likeness (QED) is 0.704. The molecule has 2 unspecified atom stereocenters. The summed E-state index contributed by atoms with van der Waals surface area (Å²) in [5.74, 6) is 0.768. The predicted octanol–water partition coefficient (Wildman–Crippen LogP) is 1.92. The minimum absolute atomic E-state index is 0.321. The van der Waals surface area contributed by atoms with Crippen LogP contribution >= 0.6 is 0 Å². The number of benzene rings is 1. The Morgan fingerprint density at radius 2 is 2.00 bits per heavy atom. The highest BCUT2D eigenvalue weighted by Gasteiger charge is 2.50. The van der Waals surface area contributed by atoms with Gasteiger partial charge in [0.05, 0.1) is 0 Å². The molecule has 0 heterocycles. The summed E-state index contributed by atoms with van der Waals surface area (Å²) >= 11 is 0. The molecule has 0 radical (unpaired) electrons. The number of nitrogens with two attached hydrogens (primary N) is 1. The zero-order chi connectivity index (χ0) is 8.60. The Kier molecular flexibility index (Phi) is 1.69. The van der Waals surface area contributed by atoms with E-state index in [1.54, 1.807) is 0 Å². The molecule has 1 aromatic carbocycles. The smallest absolute Gasteiger partial charge is 0.0104 e. The largest absolute Gasteiger partial charge is 0.330 e. The Morgan fingerprint density at radius 3 is 2.42 bits per heavy atom. The Balaban J connectivity index is 2.31. The van der Waals surface area contributed by atoms with Crippen LogP contribution in [0.1, 0.15) is 18.9 Å². The minimum Gasteiger partial charge on any atom is -0.330 e. The maximum absolute atomic E-state index is 5.79. The van der Waals surface area contributed by atoms with Crippen molar-refractivity contribution in [3.8, 4) is 0 Å². The van der Waals surface area contributed by atoms with Crippen molar-refractivity contribution in [1.82, 2.24) is 0 Å². The van der Waals surface area contributed by atoms with E-state index in [1.807, 2.05) is 0 Å². The summed E-state index contributed by atoms with van der Waals surface area (Å²) in [6.07, 6.45) is 1.26. The van der Waals surface area contributed by atoms with Crippen molar-refractivity contribution < 1.29 is 0 Å². The van der Waals surface area contributed by atoms with Gasteiger partial charge in [0, 0.05) is 12.0 Å². The first-order chi connectivity index (χ1) is 5.79. The van der Waals surface area contributed by atoms with E-state index in [9.17, 15) is 0 Å². The highest BCUT2D eigenvalue weighted by molar-refractivity contribution is 5.33. The van der Waals surface area contributed by atoms with Crippen LogP contribution in [0.15, 0.2) is 30.3 Å². The van der Waals surface area contributed by atoms with Crippen LogP contribution < -0.4 is 5.73 Å². The monoisotopic (exact) mass is 161 g/mol. The summed E-state index contributed by atoms with van der Waals surface area (Å²) in [6.45, 7) is 3.07. The molecule has 64 valence electrons. The zero-order valence-electron chi connectivity index (χ0n) is 7.46. The molecule has 1 saturated carbocycles. The van der Waals surface area contributed by atoms with Crippen molar-refractivity contribution in [3.63, 3.8) is 0 Å². The molecule has 1 aromatic rings. The average Bonchev–Trinajstić information content (AvgIpc) is 2.80. The minimum atomic E-state index is 0.321. The molecule has 1 fully saturated rings. The summed E-state index contributed by atoms with van der Waals surface area (Å²) in [4.78, 5) is 0. The fourth-order valence-corrected chi connectivity index (χ4v) is 2.06. The summed E-state index contributed by atoms with van der Waals surface area (Å²) in [6, 6.07) is 10.6. The van der Waals surface area contributed by atoms with Crippen LogP contribution in [0, 0.1) is 5.92 Å². The van der Waals surface area contributed by atoms with Crippen LogP contribution in [0.5, 0.6) is 0 Å². The van der Waals surface area contributed by atoms with Crippen LogP contribution in [-0.4, -0.2) is 6.54 Å². The van der Waals surface area contributed by atoms with Crippen LogP contribution in [0.2, 0.25) is 0 Å². The van der Waals surface area contributed by atoms with Crippen LogP contribution in [0.4, 0.5) is 0 Å². The predicted molar refractivity (Wildman–Crippen MR) is 51.0 cm³/mol. The molecule has 0 saturated heterocycles. The molecule has 0 bridgehead atoms. The average molecular weight is 161 g/mol. The highest BCUT2D eigenvalue weighted by Crippen LogP contribution is 2.52. The van der Waals surface area contributed by atoms with Crippen LogP contribution in [0.3, 0.4) is 0 Å². The number of hydrogen-bond donors (Lipinski definition) is 1. The van der Waals surface area contributed by atoms with Gasteiger partial charge in [0.15, 0.2) is 0 Å². The van der Waals surface area contributed by atoms with E-state index in [0.29, 0.717) is 5.41 Å². The van der Waals surface area contributed by atoms with Gasteiger partial charge in [-0.05, 0) is 17.9 Å². The van der Waals surface area contributed by atoms with E-state index in [2.05, 4.69) is 37.3 Å². The lowest BCUT2D eigenvalue weighted by Gasteiger charge is -2.13. The lowest BCUT2D eigenvalue weighted by molar-refractivity contribution is 0.641. The third kappa shape index (κ3) is 0.969. The first-order valence-corrected chi connectivity index (χ1v) is 4.55. The van der Waals surface area contributed by atoms with Gasteiger partial charge < -0.3 is 5.73 Å². The van der Waals surface area contributed by atoms with Crippen molar-refractivity contribution in [2.45, 2.75) is 18.8 Å². The molecule has 1 nitrogen and oxygen atoms in total. The van der Waals surface area contributed by atoms with Gasteiger partial charge >= 0.3 is 0 Å². The molecule has 1 aliphatic rings. The van der Waals surface area contributed by atoms with Gasteiger partial charge in [-0.3, -0.25) is 0 Å². The van der Waals surface area contributed by atoms with E-state index >= 15 is 0 Å². The fraction of sp³-hybridized carbons (Fsp3) is 0.455. The molecule has 1 heteroatoms. The van der Waals surface area contributed by atoms with Gasteiger partial charge in [-0.25, -0.2) is 0 Å². The Morgan fingerprint density at radius 1 is 1.42 bits per heavy atom. The summed E-state index contributed by atoms with van der Waals surface area (Å²) in [5, 5.41) is 0. The van der Waals surface area contributed by atoms with Crippen molar-refractivity contribution in [3.05, 3.63) is 35.9 Å². The van der Waals surface area contributed by atoms with E-state index < -0.39 is 0 Å². The SMILES string of the molecule is CC1CC1(CN)c1ccccc1. The number of rotatable bonds is 2. The lowest BCUT2D eigenvalue weighted by Crippen LogP contribution is -2.21. The Bertz CT molecular complexity index is 264. The van der Waals surface area contributed by atoms with Gasteiger partial charge in [0.2, 0.25) is 0 Å². The Labute approximate surface area is 73.6 Å². The third-order valence-corrected chi connectivity index (χ3v) is 3.17. The second-order valence-electron chi connectivity index (χ2n) is 3.83. The normalized spacial score (nSPS) is 33.3. The van der Waals surface area contributed by atoms with E-state index in [4.69, 9.17) is 5.73 Å². The molecular formula is C11H15N. The summed E-state index contributed by atoms with van der Waals surface area (Å²) in [5.41, 5.74) is 7.53. The molecule has 0 spiro atoms. The molecular weight excluding hydrogens is 146 g/mol. The fourth-order valence-electron chi connectivity index (χ4n) is 2.06. The standard InChI is InChI=1S/C11H15N/c1-9-7-11(9,8-12)10-5-3-2-4-6-10/h2-6,9H,7-8,12H2,1H3. The Hall–Kier alpha value is -0.820. The van der Waals surface area contributed by atoms with Gasteiger partial charge in [-0.15, -0.1) is 0 Å². The van der Waals surface area contributed by atoms with Crippen molar-refractivity contribution in [2.75, 3.05) is 6.54 Å². The van der Waals surface area contributed by atoms with Gasteiger partial charge in [0.25, 0.3) is 0 Å². The van der Waals surface area contributed by atoms with E-state index in [-0.39, 0.29) is 0 Å². The molecule has 2 rings (SSSR count). The lowest BCUT2D eigenvalue weighted by atomic mass is 9.94. The van der Waals surface area contributed by atoms with Crippen LogP contribution in [-0.2, 0) is 5.41 Å². The van der Waals surface area contributed by atoms with Gasteiger partial charge in [0.1, 0.15) is 0 Å². The second-order valence-corrected chi connectivity index (χ2v) is 3.83. The summed E-state index contributed by atoms with van der Waals surface area (Å²) < 4.78 is 0. The molecule has 1 aliphatic carbocycles. The molecule has 0 aromatic heterocycles. The first-order valence-electron chi connectivity index (χ1n) is 4.55. The molecule has 2 atom stereocenters. The highest BCUT2D eigenvalue weighted by atomic mass is 14.7. The molecule has 2 N–H and O–H groups in total. The van der Waals surface area contributed by atoms with Crippen molar-refractivity contribution >= 4 is 0 Å². The third-order valence-electron chi connectivity index (χ3n) is 3.17. The maximum Gasteiger partial charge on any atom is 0.0104 e. The molecule has 12 heavy (non-hydrogen) atoms. The number of hydrogen-bond acceptors (Lipinski definition) is 1. The topological polar surface area (TPSA) is 26.0 Å². The van der Waals surface area contributed by atoms with E-state index in [0.717, 1.165) is 12.5 Å². The molecule has 0 aliphatic heterocycles.